The van der Waals surface area contributed by atoms with Crippen LogP contribution in [0.1, 0.15) is 299 Å². The van der Waals surface area contributed by atoms with E-state index in [-0.39, 0.29) is 25.7 Å². The molecule has 5 atom stereocenters. The molecule has 0 aliphatic carbocycles. The molecule has 0 aromatic rings. The number of hydrogen-bond donors (Lipinski definition) is 3. The number of allylic oxidation sites excluding steroid dienone is 4. The largest absolute Gasteiger partial charge is 0.472 e. The lowest BCUT2D eigenvalue weighted by molar-refractivity contribution is -0.161. The van der Waals surface area contributed by atoms with Crippen LogP contribution in [-0.2, 0) is 65.4 Å². The first-order chi connectivity index (χ1) is 40.7. The minimum Gasteiger partial charge on any atom is -0.462 e. The summed E-state index contributed by atoms with van der Waals surface area (Å²) in [5, 5.41) is 10.5. The van der Waals surface area contributed by atoms with Gasteiger partial charge in [-0.2, -0.15) is 0 Å². The molecule has 0 spiro atoms. The van der Waals surface area contributed by atoms with Gasteiger partial charge in [-0.05, 0) is 69.1 Å². The summed E-state index contributed by atoms with van der Waals surface area (Å²) in [4.78, 5) is 72.2. The first kappa shape index (κ1) is 82.5. The average Bonchev–Trinajstić information content (AvgIpc) is 3.50. The molecule has 500 valence electrons. The Bertz CT molecular complexity index is 1770. The molecule has 0 aliphatic rings. The number of hydrogen-bond acceptors (Lipinski definition) is 15. The predicted octanol–water partition coefficient (Wildman–Crippen LogP) is 17.8. The van der Waals surface area contributed by atoms with Gasteiger partial charge in [-0.25, -0.2) is 9.13 Å². The maximum atomic E-state index is 13.0. The number of carbonyl (C=O) groups excluding carboxylic acids is 4. The number of phosphoric acid groups is 2. The first-order valence-electron chi connectivity index (χ1n) is 33.7. The summed E-state index contributed by atoms with van der Waals surface area (Å²) in [6, 6.07) is 0. The molecule has 0 heterocycles. The number of aliphatic hydroxyl groups excluding tert-OH is 1. The fourth-order valence-corrected chi connectivity index (χ4v) is 10.9. The smallest absolute Gasteiger partial charge is 0.462 e. The minimum atomic E-state index is -4.95. The van der Waals surface area contributed by atoms with Crippen molar-refractivity contribution < 1.29 is 80.2 Å². The van der Waals surface area contributed by atoms with Crippen LogP contribution >= 0.6 is 15.6 Å². The Kier molecular flexibility index (Phi) is 55.1. The summed E-state index contributed by atoms with van der Waals surface area (Å²) in [7, 11) is -9.90. The standard InChI is InChI=1S/C66H124O17P2/c1-8-9-10-11-12-13-14-15-16-17-18-19-25-33-40-47-63(68)76-54-62(83-66(71)50-43-36-29-28-32-39-46-59(6)7)56-81-85(74,75)79-52-60(67)51-78-84(72,73)80-55-61(82-65(70)49-42-35-27-22-24-31-38-45-58(4)5)53-77-64(69)48-41-34-26-21-20-23-30-37-44-57(2)3/h13-16,57-62,67H,8-12,17-56H2,1-7H3,(H,72,73)(H,74,75)/b14-13-,16-15-/t60?,61-,62-/m1/s1. The third-order valence-electron chi connectivity index (χ3n) is 14.5. The average molecular weight is 1250 g/mol. The van der Waals surface area contributed by atoms with Crippen molar-refractivity contribution in [1.29, 1.82) is 0 Å². The van der Waals surface area contributed by atoms with Gasteiger partial charge >= 0.3 is 39.5 Å². The van der Waals surface area contributed by atoms with E-state index in [0.717, 1.165) is 115 Å². The van der Waals surface area contributed by atoms with E-state index in [1.165, 1.54) is 89.9 Å². The molecule has 0 aliphatic heterocycles. The van der Waals surface area contributed by atoms with Gasteiger partial charge in [-0.1, -0.05) is 246 Å². The second-order valence-electron chi connectivity index (χ2n) is 24.6. The van der Waals surface area contributed by atoms with Crippen LogP contribution in [0.2, 0.25) is 0 Å². The van der Waals surface area contributed by atoms with Gasteiger partial charge in [-0.15, -0.1) is 0 Å². The maximum Gasteiger partial charge on any atom is 0.472 e. The Balaban J connectivity index is 5.24. The molecule has 0 saturated heterocycles. The quantitative estimate of drug-likeness (QED) is 0.0169. The van der Waals surface area contributed by atoms with Gasteiger partial charge in [0.2, 0.25) is 0 Å². The van der Waals surface area contributed by atoms with Gasteiger partial charge in [-0.3, -0.25) is 37.3 Å². The van der Waals surface area contributed by atoms with Crippen LogP contribution in [0.5, 0.6) is 0 Å². The Morgan fingerprint density at radius 3 is 0.953 bits per heavy atom. The number of carbonyl (C=O) groups is 4. The van der Waals surface area contributed by atoms with Gasteiger partial charge in [0.25, 0.3) is 0 Å². The molecular formula is C66H124O17P2. The highest BCUT2D eigenvalue weighted by molar-refractivity contribution is 7.47. The summed E-state index contributed by atoms with van der Waals surface area (Å²) >= 11 is 0. The number of rotatable bonds is 62. The normalized spacial score (nSPS) is 14.5. The summed E-state index contributed by atoms with van der Waals surface area (Å²) in [5.41, 5.74) is 0. The van der Waals surface area contributed by atoms with E-state index >= 15 is 0 Å². The highest BCUT2D eigenvalue weighted by atomic mass is 31.2. The zero-order chi connectivity index (χ0) is 63.1. The van der Waals surface area contributed by atoms with Crippen LogP contribution in [-0.4, -0.2) is 96.7 Å². The summed E-state index contributed by atoms with van der Waals surface area (Å²) < 4.78 is 68.0. The Labute approximate surface area is 516 Å². The van der Waals surface area contributed by atoms with E-state index in [4.69, 9.17) is 37.0 Å². The lowest BCUT2D eigenvalue weighted by Gasteiger charge is -2.21. The Morgan fingerprint density at radius 2 is 0.635 bits per heavy atom. The number of aliphatic hydroxyl groups is 1. The molecule has 0 amide bonds. The van der Waals surface area contributed by atoms with E-state index in [1.54, 1.807) is 0 Å². The van der Waals surface area contributed by atoms with Crippen LogP contribution in [0.25, 0.3) is 0 Å². The predicted molar refractivity (Wildman–Crippen MR) is 340 cm³/mol. The Morgan fingerprint density at radius 1 is 0.365 bits per heavy atom. The molecule has 0 radical (unpaired) electrons. The molecule has 19 heteroatoms. The third kappa shape index (κ3) is 60.2. The molecule has 85 heavy (non-hydrogen) atoms. The van der Waals surface area contributed by atoms with Crippen molar-refractivity contribution in [2.75, 3.05) is 39.6 Å². The summed E-state index contributed by atoms with van der Waals surface area (Å²) in [6.07, 6.45) is 41.5. The van der Waals surface area contributed by atoms with Crippen LogP contribution in [0.15, 0.2) is 24.3 Å². The van der Waals surface area contributed by atoms with Gasteiger partial charge in [0, 0.05) is 25.7 Å². The van der Waals surface area contributed by atoms with Crippen molar-refractivity contribution in [1.82, 2.24) is 0 Å². The van der Waals surface area contributed by atoms with Crippen molar-refractivity contribution in [2.45, 2.75) is 317 Å². The number of phosphoric ester groups is 2. The minimum absolute atomic E-state index is 0.0946. The molecule has 0 rings (SSSR count). The lowest BCUT2D eigenvalue weighted by Crippen LogP contribution is -2.30. The fraction of sp³-hybridized carbons (Fsp3) is 0.879. The van der Waals surface area contributed by atoms with Crippen molar-refractivity contribution >= 4 is 39.5 Å². The van der Waals surface area contributed by atoms with E-state index in [9.17, 15) is 43.2 Å². The SMILES string of the molecule is CCCCCC/C=C\C=C/CCCCCCCC(=O)OC[C@H](COP(=O)(O)OCC(O)COP(=O)(O)OC[C@@H](COC(=O)CCCCCCCCCCC(C)C)OC(=O)CCCCCCCCCC(C)C)OC(=O)CCCCCCCCC(C)C. The van der Waals surface area contributed by atoms with E-state index in [1.807, 2.05) is 0 Å². The second kappa shape index (κ2) is 56.8. The zero-order valence-electron chi connectivity index (χ0n) is 54.5. The molecule has 3 unspecified atom stereocenters. The first-order valence-corrected chi connectivity index (χ1v) is 36.7. The maximum absolute atomic E-state index is 13.0. The van der Waals surface area contributed by atoms with E-state index < -0.39 is 97.5 Å². The molecule has 0 fully saturated rings. The zero-order valence-corrected chi connectivity index (χ0v) is 56.3. The van der Waals surface area contributed by atoms with Gasteiger partial charge in [0.05, 0.1) is 26.4 Å². The second-order valence-corrected chi connectivity index (χ2v) is 27.5. The topological polar surface area (TPSA) is 237 Å². The van der Waals surface area contributed by atoms with Gasteiger partial charge < -0.3 is 33.8 Å². The van der Waals surface area contributed by atoms with Crippen molar-refractivity contribution in [2.24, 2.45) is 17.8 Å². The Hall–Kier alpha value is -2.46. The van der Waals surface area contributed by atoms with Crippen LogP contribution in [0.3, 0.4) is 0 Å². The van der Waals surface area contributed by atoms with Crippen LogP contribution in [0, 0.1) is 17.8 Å². The number of unbranched alkanes of at least 4 members (excludes halogenated alkanes) is 27. The van der Waals surface area contributed by atoms with Gasteiger partial charge in [0.15, 0.2) is 12.2 Å². The van der Waals surface area contributed by atoms with Crippen LogP contribution in [0.4, 0.5) is 0 Å². The van der Waals surface area contributed by atoms with Gasteiger partial charge in [0.1, 0.15) is 19.3 Å². The third-order valence-corrected chi connectivity index (χ3v) is 16.4. The summed E-state index contributed by atoms with van der Waals surface area (Å²) in [6.45, 7) is 11.5. The van der Waals surface area contributed by atoms with E-state index in [0.29, 0.717) is 37.5 Å². The van der Waals surface area contributed by atoms with E-state index in [2.05, 4.69) is 72.8 Å². The molecule has 0 bridgehead atoms. The fourth-order valence-electron chi connectivity index (χ4n) is 9.29. The molecule has 0 aromatic heterocycles. The van der Waals surface area contributed by atoms with Crippen molar-refractivity contribution in [3.8, 4) is 0 Å². The molecule has 0 aromatic carbocycles. The molecule has 0 saturated carbocycles. The summed E-state index contributed by atoms with van der Waals surface area (Å²) in [5.74, 6) is -0.0858. The molecule has 3 N–H and O–H groups in total. The van der Waals surface area contributed by atoms with Crippen LogP contribution < -0.4 is 0 Å². The van der Waals surface area contributed by atoms with Crippen molar-refractivity contribution in [3.63, 3.8) is 0 Å². The highest BCUT2D eigenvalue weighted by Crippen LogP contribution is 2.45. The highest BCUT2D eigenvalue weighted by Gasteiger charge is 2.30. The number of esters is 4. The molecule has 17 nitrogen and oxygen atoms in total. The van der Waals surface area contributed by atoms with Crippen molar-refractivity contribution in [3.05, 3.63) is 24.3 Å². The number of ether oxygens (including phenoxy) is 4. The molecular weight excluding hydrogens is 1130 g/mol. The monoisotopic (exact) mass is 1250 g/mol. The lowest BCUT2D eigenvalue weighted by atomic mass is 10.0.